The number of hydrogen-bond acceptors (Lipinski definition) is 1. The second kappa shape index (κ2) is 5.04. The number of rotatable bonds is 4. The Kier molecular flexibility index (Phi) is 3.47. The minimum Gasteiger partial charge on any atom is -0.507 e. The van der Waals surface area contributed by atoms with E-state index in [1.807, 2.05) is 29.8 Å². The highest BCUT2D eigenvalue weighted by atomic mass is 16.3. The zero-order valence-electron chi connectivity index (χ0n) is 10.4. The molecule has 1 heterocycles. The highest BCUT2D eigenvalue weighted by molar-refractivity contribution is 5.65. The summed E-state index contributed by atoms with van der Waals surface area (Å²) in [6, 6.07) is 7.44. The first-order valence-corrected chi connectivity index (χ1v) is 6.06. The quantitative estimate of drug-likeness (QED) is 0.805. The molecule has 2 rings (SSSR count). The van der Waals surface area contributed by atoms with E-state index >= 15 is 0 Å². The summed E-state index contributed by atoms with van der Waals surface area (Å²) in [5.41, 5.74) is 1.92. The van der Waals surface area contributed by atoms with Crippen LogP contribution in [0.4, 0.5) is 0 Å². The third-order valence-corrected chi connectivity index (χ3v) is 2.94. The molecule has 0 aliphatic heterocycles. The van der Waals surface area contributed by atoms with E-state index in [1.165, 1.54) is 12.8 Å². The van der Waals surface area contributed by atoms with Gasteiger partial charge in [0.1, 0.15) is 11.9 Å². The first-order chi connectivity index (χ1) is 8.22. The SMILES string of the molecule is CCCC[n+]1cc(-c2ccccc2O)n(C)c1. The van der Waals surface area contributed by atoms with Crippen LogP contribution < -0.4 is 4.57 Å². The van der Waals surface area contributed by atoms with Crippen LogP contribution in [-0.2, 0) is 13.6 Å². The number of aryl methyl sites for hydroxylation is 2. The Bertz CT molecular complexity index is 503. The molecule has 0 bridgehead atoms. The summed E-state index contributed by atoms with van der Waals surface area (Å²) in [4.78, 5) is 0. The van der Waals surface area contributed by atoms with E-state index in [1.54, 1.807) is 6.07 Å². The lowest BCUT2D eigenvalue weighted by Gasteiger charge is -1.99. The molecule has 17 heavy (non-hydrogen) atoms. The lowest BCUT2D eigenvalue weighted by atomic mass is 10.1. The summed E-state index contributed by atoms with van der Waals surface area (Å²) in [7, 11) is 2.00. The molecule has 1 aromatic heterocycles. The molecule has 1 aromatic carbocycles. The number of phenols is 1. The molecular formula is C14H19N2O+. The number of aromatic nitrogens is 2. The fourth-order valence-corrected chi connectivity index (χ4v) is 1.98. The average Bonchev–Trinajstić information content (AvgIpc) is 2.68. The van der Waals surface area contributed by atoms with Crippen LogP contribution in [0.15, 0.2) is 36.8 Å². The predicted molar refractivity (Wildman–Crippen MR) is 67.6 cm³/mol. The van der Waals surface area contributed by atoms with Crippen molar-refractivity contribution >= 4 is 0 Å². The van der Waals surface area contributed by atoms with Crippen molar-refractivity contribution in [2.75, 3.05) is 0 Å². The fourth-order valence-electron chi connectivity index (χ4n) is 1.98. The van der Waals surface area contributed by atoms with Crippen molar-refractivity contribution in [2.45, 2.75) is 26.3 Å². The third-order valence-electron chi connectivity index (χ3n) is 2.94. The van der Waals surface area contributed by atoms with Crippen LogP contribution >= 0.6 is 0 Å². The minimum absolute atomic E-state index is 0.330. The molecular weight excluding hydrogens is 212 g/mol. The largest absolute Gasteiger partial charge is 0.507 e. The second-order valence-electron chi connectivity index (χ2n) is 4.35. The van der Waals surface area contributed by atoms with Crippen molar-refractivity contribution in [3.8, 4) is 17.0 Å². The minimum atomic E-state index is 0.330. The molecule has 0 aliphatic carbocycles. The van der Waals surface area contributed by atoms with Gasteiger partial charge in [-0.25, -0.2) is 9.13 Å². The van der Waals surface area contributed by atoms with Gasteiger partial charge in [-0.05, 0) is 18.6 Å². The summed E-state index contributed by atoms with van der Waals surface area (Å²) >= 11 is 0. The number of benzene rings is 1. The van der Waals surface area contributed by atoms with Gasteiger partial charge in [0.15, 0.2) is 5.69 Å². The monoisotopic (exact) mass is 231 g/mol. The summed E-state index contributed by atoms with van der Waals surface area (Å²) < 4.78 is 4.22. The summed E-state index contributed by atoms with van der Waals surface area (Å²) in [6.45, 7) is 3.21. The van der Waals surface area contributed by atoms with Crippen molar-refractivity contribution in [1.29, 1.82) is 0 Å². The fraction of sp³-hybridized carbons (Fsp3) is 0.357. The Morgan fingerprint density at radius 3 is 2.76 bits per heavy atom. The van der Waals surface area contributed by atoms with E-state index in [4.69, 9.17) is 0 Å². The molecule has 0 saturated carbocycles. The van der Waals surface area contributed by atoms with Gasteiger partial charge in [-0.1, -0.05) is 25.5 Å². The Hall–Kier alpha value is -1.77. The standard InChI is InChI=1S/C14H18N2O/c1-3-4-9-16-10-13(15(2)11-16)12-7-5-6-8-14(12)17/h5-8,10-11H,3-4,9H2,1-2H3/p+1. The maximum Gasteiger partial charge on any atom is 0.244 e. The Morgan fingerprint density at radius 1 is 1.29 bits per heavy atom. The van der Waals surface area contributed by atoms with Crippen LogP contribution in [0.2, 0.25) is 0 Å². The number of phenolic OH excluding ortho intramolecular Hbond substituents is 1. The summed E-state index contributed by atoms with van der Waals surface area (Å²) in [5.74, 6) is 0.330. The van der Waals surface area contributed by atoms with Crippen LogP contribution in [0.5, 0.6) is 5.75 Å². The molecule has 0 spiro atoms. The highest BCUT2D eigenvalue weighted by Crippen LogP contribution is 2.27. The number of hydrogen-bond donors (Lipinski definition) is 1. The van der Waals surface area contributed by atoms with Crippen LogP contribution in [0.1, 0.15) is 19.8 Å². The van der Waals surface area contributed by atoms with Crippen molar-refractivity contribution in [2.24, 2.45) is 7.05 Å². The van der Waals surface area contributed by atoms with Gasteiger partial charge in [0.2, 0.25) is 6.33 Å². The van der Waals surface area contributed by atoms with E-state index in [9.17, 15) is 5.11 Å². The molecule has 3 heteroatoms. The van der Waals surface area contributed by atoms with Gasteiger partial charge in [0.25, 0.3) is 0 Å². The smallest absolute Gasteiger partial charge is 0.244 e. The molecule has 0 saturated heterocycles. The molecule has 2 aromatic rings. The van der Waals surface area contributed by atoms with Crippen molar-refractivity contribution < 1.29 is 9.67 Å². The van der Waals surface area contributed by atoms with E-state index in [2.05, 4.69) is 24.0 Å². The molecule has 0 fully saturated rings. The first kappa shape index (κ1) is 11.7. The van der Waals surface area contributed by atoms with Crippen LogP contribution in [0, 0.1) is 0 Å². The Labute approximate surface area is 102 Å². The lowest BCUT2D eigenvalue weighted by molar-refractivity contribution is -0.696. The molecule has 1 N–H and O–H groups in total. The van der Waals surface area contributed by atoms with E-state index < -0.39 is 0 Å². The van der Waals surface area contributed by atoms with Crippen LogP contribution in [-0.4, -0.2) is 9.67 Å². The van der Waals surface area contributed by atoms with Gasteiger partial charge in [0.05, 0.1) is 19.2 Å². The number of para-hydroxylation sites is 1. The zero-order valence-corrected chi connectivity index (χ0v) is 10.4. The van der Waals surface area contributed by atoms with Crippen molar-refractivity contribution in [3.63, 3.8) is 0 Å². The van der Waals surface area contributed by atoms with Gasteiger partial charge >= 0.3 is 0 Å². The number of aromatic hydroxyl groups is 1. The van der Waals surface area contributed by atoms with E-state index in [0.29, 0.717) is 5.75 Å². The number of nitrogens with zero attached hydrogens (tertiary/aromatic N) is 2. The normalized spacial score (nSPS) is 10.7. The topological polar surface area (TPSA) is 29.0 Å². The number of unbranched alkanes of at least 4 members (excludes halogenated alkanes) is 1. The van der Waals surface area contributed by atoms with Gasteiger partial charge in [-0.3, -0.25) is 0 Å². The second-order valence-corrected chi connectivity index (χ2v) is 4.35. The van der Waals surface area contributed by atoms with Crippen LogP contribution in [0.25, 0.3) is 11.3 Å². The van der Waals surface area contributed by atoms with E-state index in [-0.39, 0.29) is 0 Å². The highest BCUT2D eigenvalue weighted by Gasteiger charge is 2.14. The summed E-state index contributed by atoms with van der Waals surface area (Å²) in [6.07, 6.45) is 6.52. The Morgan fingerprint density at radius 2 is 2.06 bits per heavy atom. The van der Waals surface area contributed by atoms with Gasteiger partial charge in [-0.2, -0.15) is 0 Å². The maximum atomic E-state index is 9.85. The lowest BCUT2D eigenvalue weighted by Crippen LogP contribution is -2.30. The van der Waals surface area contributed by atoms with Gasteiger partial charge in [0, 0.05) is 0 Å². The maximum absolute atomic E-state index is 9.85. The predicted octanol–water partition coefficient (Wildman–Crippen LogP) is 2.49. The average molecular weight is 231 g/mol. The van der Waals surface area contributed by atoms with Crippen molar-refractivity contribution in [1.82, 2.24) is 4.57 Å². The Balaban J connectivity index is 2.33. The van der Waals surface area contributed by atoms with Crippen molar-refractivity contribution in [3.05, 3.63) is 36.8 Å². The molecule has 3 nitrogen and oxygen atoms in total. The molecule has 0 aliphatic rings. The molecule has 90 valence electrons. The number of imidazole rings is 1. The van der Waals surface area contributed by atoms with Gasteiger partial charge < -0.3 is 5.11 Å². The first-order valence-electron chi connectivity index (χ1n) is 6.06. The molecule has 0 radical (unpaired) electrons. The molecule has 0 amide bonds. The molecule has 0 unspecified atom stereocenters. The third kappa shape index (κ3) is 2.49. The van der Waals surface area contributed by atoms with E-state index in [0.717, 1.165) is 17.8 Å². The summed E-state index contributed by atoms with van der Waals surface area (Å²) in [5, 5.41) is 9.85. The molecule has 0 atom stereocenters. The zero-order chi connectivity index (χ0) is 12.3. The van der Waals surface area contributed by atoms with Gasteiger partial charge in [-0.15, -0.1) is 0 Å². The van der Waals surface area contributed by atoms with Crippen LogP contribution in [0.3, 0.4) is 0 Å².